The fourth-order valence-electron chi connectivity index (χ4n) is 2.52. The summed E-state index contributed by atoms with van der Waals surface area (Å²) < 4.78 is 3.14. The Labute approximate surface area is 102 Å². The summed E-state index contributed by atoms with van der Waals surface area (Å²) >= 11 is 5.35. The standard InChI is InChI=1S/C12H21N3S/c1-4-10-8-13-11(16)15(10)9-12(14(2)3)6-5-7-12/h8H,4-7,9H2,1-3H3,(H,13,16). The summed E-state index contributed by atoms with van der Waals surface area (Å²) in [5.41, 5.74) is 1.66. The van der Waals surface area contributed by atoms with Crippen LogP contribution in [-0.2, 0) is 13.0 Å². The summed E-state index contributed by atoms with van der Waals surface area (Å²) in [6.07, 6.45) is 7.00. The second-order valence-corrected chi connectivity index (χ2v) is 5.38. The minimum absolute atomic E-state index is 0.338. The molecular weight excluding hydrogens is 218 g/mol. The van der Waals surface area contributed by atoms with Crippen LogP contribution in [0, 0.1) is 4.77 Å². The molecule has 90 valence electrons. The maximum absolute atomic E-state index is 5.35. The molecule has 1 saturated carbocycles. The maximum atomic E-state index is 5.35. The highest BCUT2D eigenvalue weighted by Gasteiger charge is 2.39. The average molecular weight is 239 g/mol. The Kier molecular flexibility index (Phi) is 3.22. The van der Waals surface area contributed by atoms with Crippen LogP contribution >= 0.6 is 12.2 Å². The molecule has 4 heteroatoms. The van der Waals surface area contributed by atoms with Crippen molar-refractivity contribution in [2.45, 2.75) is 44.7 Å². The molecule has 0 saturated heterocycles. The van der Waals surface area contributed by atoms with Crippen molar-refractivity contribution < 1.29 is 0 Å². The normalized spacial score (nSPS) is 18.8. The van der Waals surface area contributed by atoms with Crippen molar-refractivity contribution in [3.05, 3.63) is 16.7 Å². The van der Waals surface area contributed by atoms with Gasteiger partial charge >= 0.3 is 0 Å². The smallest absolute Gasteiger partial charge is 0.177 e. The van der Waals surface area contributed by atoms with E-state index in [1.807, 2.05) is 6.20 Å². The van der Waals surface area contributed by atoms with Gasteiger partial charge in [0.2, 0.25) is 0 Å². The Morgan fingerprint density at radius 1 is 1.50 bits per heavy atom. The molecule has 1 aromatic rings. The van der Waals surface area contributed by atoms with Gasteiger partial charge in [0.25, 0.3) is 0 Å². The van der Waals surface area contributed by atoms with Crippen LogP contribution in [0.15, 0.2) is 6.20 Å². The molecule has 16 heavy (non-hydrogen) atoms. The van der Waals surface area contributed by atoms with E-state index in [-0.39, 0.29) is 0 Å². The molecule has 0 spiro atoms. The predicted octanol–water partition coefficient (Wildman–Crippen LogP) is 2.59. The third-order valence-corrected chi connectivity index (χ3v) is 4.34. The second kappa shape index (κ2) is 4.34. The molecule has 3 nitrogen and oxygen atoms in total. The number of rotatable bonds is 4. The Balaban J connectivity index is 2.25. The second-order valence-electron chi connectivity index (χ2n) is 5.00. The van der Waals surface area contributed by atoms with Crippen LogP contribution in [0.25, 0.3) is 0 Å². The van der Waals surface area contributed by atoms with E-state index in [1.54, 1.807) is 0 Å². The van der Waals surface area contributed by atoms with Crippen molar-refractivity contribution in [2.75, 3.05) is 14.1 Å². The Morgan fingerprint density at radius 2 is 2.19 bits per heavy atom. The first-order valence-corrected chi connectivity index (χ1v) is 6.44. The van der Waals surface area contributed by atoms with Crippen LogP contribution in [0.3, 0.4) is 0 Å². The van der Waals surface area contributed by atoms with Crippen LogP contribution in [0.5, 0.6) is 0 Å². The minimum atomic E-state index is 0.338. The summed E-state index contributed by atoms with van der Waals surface area (Å²) in [5, 5.41) is 0. The molecule has 1 aromatic heterocycles. The fourth-order valence-corrected chi connectivity index (χ4v) is 2.76. The van der Waals surface area contributed by atoms with Gasteiger partial charge in [-0.1, -0.05) is 6.92 Å². The van der Waals surface area contributed by atoms with Crippen LogP contribution in [0.2, 0.25) is 0 Å². The topological polar surface area (TPSA) is 24.0 Å². The van der Waals surface area contributed by atoms with Crippen LogP contribution < -0.4 is 0 Å². The van der Waals surface area contributed by atoms with Gasteiger partial charge in [-0.2, -0.15) is 0 Å². The van der Waals surface area contributed by atoms with E-state index in [2.05, 4.69) is 35.5 Å². The SMILES string of the molecule is CCc1c[nH]c(=S)n1CC1(N(C)C)CCC1. The van der Waals surface area contributed by atoms with Gasteiger partial charge in [0.05, 0.1) is 0 Å². The van der Waals surface area contributed by atoms with Gasteiger partial charge < -0.3 is 14.5 Å². The Morgan fingerprint density at radius 3 is 2.62 bits per heavy atom. The zero-order valence-corrected chi connectivity index (χ0v) is 11.2. The molecule has 1 aliphatic carbocycles. The zero-order valence-electron chi connectivity index (χ0n) is 10.4. The van der Waals surface area contributed by atoms with E-state index in [4.69, 9.17) is 12.2 Å². The third kappa shape index (κ3) is 1.84. The number of hydrogen-bond donors (Lipinski definition) is 1. The number of aromatic amines is 1. The van der Waals surface area contributed by atoms with Crippen molar-refractivity contribution in [1.82, 2.24) is 14.5 Å². The lowest BCUT2D eigenvalue weighted by atomic mass is 9.75. The molecule has 0 amide bonds. The molecule has 1 N–H and O–H groups in total. The number of imidazole rings is 1. The number of likely N-dealkylation sites (N-methyl/N-ethyl adjacent to an activating group) is 1. The van der Waals surface area contributed by atoms with Gasteiger partial charge in [0.1, 0.15) is 0 Å². The van der Waals surface area contributed by atoms with E-state index in [0.717, 1.165) is 17.7 Å². The highest BCUT2D eigenvalue weighted by Crippen LogP contribution is 2.37. The van der Waals surface area contributed by atoms with E-state index >= 15 is 0 Å². The Hall–Kier alpha value is -0.610. The number of H-pyrrole nitrogens is 1. The molecule has 2 rings (SSSR count). The van der Waals surface area contributed by atoms with Crippen LogP contribution in [0.1, 0.15) is 31.9 Å². The fraction of sp³-hybridized carbons (Fsp3) is 0.750. The largest absolute Gasteiger partial charge is 0.337 e. The van der Waals surface area contributed by atoms with E-state index in [1.165, 1.54) is 25.0 Å². The quantitative estimate of drug-likeness (QED) is 0.817. The summed E-state index contributed by atoms with van der Waals surface area (Å²) in [6, 6.07) is 0. The highest BCUT2D eigenvalue weighted by molar-refractivity contribution is 7.71. The molecule has 1 heterocycles. The summed E-state index contributed by atoms with van der Waals surface area (Å²) in [4.78, 5) is 5.52. The van der Waals surface area contributed by atoms with Crippen molar-refractivity contribution >= 4 is 12.2 Å². The number of nitrogens with zero attached hydrogens (tertiary/aromatic N) is 2. The lowest BCUT2D eigenvalue weighted by Gasteiger charge is -2.47. The third-order valence-electron chi connectivity index (χ3n) is 4.00. The van der Waals surface area contributed by atoms with E-state index in [0.29, 0.717) is 5.54 Å². The minimum Gasteiger partial charge on any atom is -0.337 e. The van der Waals surface area contributed by atoms with Crippen LogP contribution in [-0.4, -0.2) is 34.1 Å². The summed E-state index contributed by atoms with van der Waals surface area (Å²) in [5.74, 6) is 0. The van der Waals surface area contributed by atoms with Gasteiger partial charge in [-0.3, -0.25) is 0 Å². The van der Waals surface area contributed by atoms with Gasteiger partial charge in [-0.05, 0) is 52.0 Å². The van der Waals surface area contributed by atoms with Gasteiger partial charge in [0.15, 0.2) is 4.77 Å². The monoisotopic (exact) mass is 239 g/mol. The molecule has 0 unspecified atom stereocenters. The molecule has 0 radical (unpaired) electrons. The molecule has 1 fully saturated rings. The van der Waals surface area contributed by atoms with Crippen molar-refractivity contribution in [3.8, 4) is 0 Å². The first-order chi connectivity index (χ1) is 7.59. The zero-order chi connectivity index (χ0) is 11.8. The first kappa shape index (κ1) is 11.9. The summed E-state index contributed by atoms with van der Waals surface area (Å²) in [6.45, 7) is 3.21. The van der Waals surface area contributed by atoms with Gasteiger partial charge in [-0.25, -0.2) is 0 Å². The van der Waals surface area contributed by atoms with Crippen molar-refractivity contribution in [3.63, 3.8) is 0 Å². The van der Waals surface area contributed by atoms with Gasteiger partial charge in [0, 0.05) is 24.0 Å². The molecule has 0 aliphatic heterocycles. The number of nitrogens with one attached hydrogen (secondary N) is 1. The lowest BCUT2D eigenvalue weighted by molar-refractivity contribution is 0.0413. The lowest BCUT2D eigenvalue weighted by Crippen LogP contribution is -2.53. The van der Waals surface area contributed by atoms with Crippen molar-refractivity contribution in [1.29, 1.82) is 0 Å². The average Bonchev–Trinajstić information content (AvgIpc) is 2.52. The van der Waals surface area contributed by atoms with E-state index in [9.17, 15) is 0 Å². The van der Waals surface area contributed by atoms with E-state index < -0.39 is 0 Å². The first-order valence-electron chi connectivity index (χ1n) is 6.03. The molecule has 0 bridgehead atoms. The maximum Gasteiger partial charge on any atom is 0.177 e. The Bertz CT molecular complexity index is 412. The summed E-state index contributed by atoms with van der Waals surface area (Å²) in [7, 11) is 4.36. The number of aryl methyl sites for hydroxylation is 1. The number of aromatic nitrogens is 2. The predicted molar refractivity (Wildman–Crippen MR) is 69.3 cm³/mol. The number of hydrogen-bond acceptors (Lipinski definition) is 2. The van der Waals surface area contributed by atoms with Crippen molar-refractivity contribution in [2.24, 2.45) is 0 Å². The molecule has 0 aromatic carbocycles. The highest BCUT2D eigenvalue weighted by atomic mass is 32.1. The van der Waals surface area contributed by atoms with Gasteiger partial charge in [-0.15, -0.1) is 0 Å². The molecule has 0 atom stereocenters. The van der Waals surface area contributed by atoms with Crippen LogP contribution in [0.4, 0.5) is 0 Å². The molecule has 1 aliphatic rings. The molecular formula is C12H21N3S.